The zero-order chi connectivity index (χ0) is 68.9. The summed E-state index contributed by atoms with van der Waals surface area (Å²) in [6, 6.07) is 71.8. The molecule has 6 N–H and O–H groups in total. The topological polar surface area (TPSA) is 220 Å². The molecule has 0 unspecified atom stereocenters. The molecule has 0 spiro atoms. The number of nitrogens with one attached hydrogen (secondary N) is 4. The minimum atomic E-state index is -1.05. The average Bonchev–Trinajstić information content (AvgIpc) is 1.62. The van der Waals surface area contributed by atoms with E-state index in [9.17, 15) is 19.2 Å². The van der Waals surface area contributed by atoms with Gasteiger partial charge in [0.2, 0.25) is 11.8 Å². The second-order valence-corrected chi connectivity index (χ2v) is 25.6. The van der Waals surface area contributed by atoms with E-state index < -0.39 is 35.4 Å². The van der Waals surface area contributed by atoms with E-state index in [2.05, 4.69) is 92.3 Å². The predicted molar refractivity (Wildman–Crippen MR) is 390 cm³/mol. The van der Waals surface area contributed by atoms with Gasteiger partial charge in [0.05, 0.1) is 92.3 Å². The van der Waals surface area contributed by atoms with Crippen LogP contribution in [-0.2, 0) is 64.2 Å². The van der Waals surface area contributed by atoms with Gasteiger partial charge < -0.3 is 45.3 Å². The lowest BCUT2D eigenvalue weighted by atomic mass is 9.86. The minimum Gasteiger partial charge on any atom is -0.465 e. The molecule has 1 radical (unpaired) electrons. The molecule has 13 rings (SSSR count). The van der Waals surface area contributed by atoms with E-state index in [1.165, 1.54) is 29.5 Å². The lowest BCUT2D eigenvalue weighted by molar-refractivity contribution is -0.148. The summed E-state index contributed by atoms with van der Waals surface area (Å²) in [5.74, 6) is -1.46. The number of Topliss-reactive ketones (excluding diaryl/α,β-unsaturated/α-hetero) is 1. The normalized spacial score (nSPS) is 13.7. The fourth-order valence-corrected chi connectivity index (χ4v) is 12.7. The van der Waals surface area contributed by atoms with E-state index >= 15 is 0 Å². The maximum absolute atomic E-state index is 14.3. The van der Waals surface area contributed by atoms with E-state index in [1.807, 2.05) is 164 Å². The monoisotopic (exact) mass is 1320 g/mol. The van der Waals surface area contributed by atoms with Crippen LogP contribution in [0.25, 0.3) is 44.8 Å². The van der Waals surface area contributed by atoms with E-state index in [0.717, 1.165) is 86.1 Å². The Morgan fingerprint density at radius 1 is 0.545 bits per heavy atom. The molecule has 2 heterocycles. The zero-order valence-electron chi connectivity index (χ0n) is 56.2. The predicted octanol–water partition coefficient (Wildman–Crippen LogP) is 14.6. The highest BCUT2D eigenvalue weighted by Gasteiger charge is 2.34. The maximum Gasteiger partial charge on any atom is 0.306 e. The number of nitrogens with two attached hydrogens (primary N) is 1. The first-order valence-electron chi connectivity index (χ1n) is 33.8. The Balaban J connectivity index is 0.000000195. The summed E-state index contributed by atoms with van der Waals surface area (Å²) in [6.45, 7) is 6.01. The minimum absolute atomic E-state index is 0.0181. The number of carbonyl (C=O) groups excluding carboxylic acids is 5. The molecule has 2 amide bonds. The molecule has 99 heavy (non-hydrogen) atoms. The van der Waals surface area contributed by atoms with Crippen LogP contribution in [0.15, 0.2) is 243 Å². The number of hydrogen-bond donors (Lipinski definition) is 5. The van der Waals surface area contributed by atoms with Crippen LogP contribution in [0, 0.1) is 11.8 Å². The highest BCUT2D eigenvalue weighted by Crippen LogP contribution is 2.45. The Morgan fingerprint density at radius 3 is 1.35 bits per heavy atom. The van der Waals surface area contributed by atoms with Crippen molar-refractivity contribution in [3.8, 4) is 33.6 Å². The maximum atomic E-state index is 14.3. The first-order chi connectivity index (χ1) is 48.3. The molecule has 501 valence electrons. The molecule has 0 saturated carbocycles. The molecule has 10 aromatic rings. The number of esters is 1. The van der Waals surface area contributed by atoms with Gasteiger partial charge in [0.1, 0.15) is 18.3 Å². The smallest absolute Gasteiger partial charge is 0.306 e. The standard InChI is InChI=1S/C46H41N3O4.C35H38N4O3.C2H4BO/c50-44(53-30-41-39-21-11-9-19-37(39)38-20-10-12-22-40(38)41)26-35(29-52-28-31-13-3-1-4-14-31)46(51)49-42(25-34-24-23-32-15-7-8-18-36(32)34)45-47-27-43(48-45)33-16-5-2-6-17-33;1-35(2,36)32(40)20-28(23-42-22-24-11-5-3-6-12-24)34(41)39-30(19-27-18-17-25-13-9-10-16-29(25)27)33-37-21-31(38-33)26-14-7-4-8-15-26;1-3-2-4/h1-22,24,27,35,41-42H,23,25-26,28-30H2,(H,47,48)(H,49,51);3-16,18,21,28,30H,17,19-20,22-23,36H2,1-2H3,(H,37,38)(H,39,41);2H,1H3/t35-,42-;28-,30-;/m11./s1. The average molecular weight is 1320 g/mol. The van der Waals surface area contributed by atoms with Crippen molar-refractivity contribution in [3.05, 3.63) is 299 Å². The fraction of sp³-hybridized carbons (Fsp3) is 0.241. The summed E-state index contributed by atoms with van der Waals surface area (Å²) in [5.41, 5.74) is 22.6. The molecule has 3 aliphatic carbocycles. The number of ether oxygens (including phenoxy) is 3. The quantitative estimate of drug-likeness (QED) is 0.0176. The number of benzene rings is 8. The summed E-state index contributed by atoms with van der Waals surface area (Å²) in [6.07, 6.45) is 11.4. The number of hydrogen-bond acceptors (Lipinski definition) is 11. The summed E-state index contributed by atoms with van der Waals surface area (Å²) in [5, 5.41) is 6.49. The van der Waals surface area contributed by atoms with Crippen molar-refractivity contribution in [2.45, 2.75) is 95.9 Å². The van der Waals surface area contributed by atoms with Gasteiger partial charge in [-0.15, -0.1) is 0 Å². The number of nitrogens with zero attached hydrogens (tertiary/aromatic N) is 2. The first kappa shape index (κ1) is 69.7. The van der Waals surface area contributed by atoms with Gasteiger partial charge in [-0.2, -0.15) is 0 Å². The van der Waals surface area contributed by atoms with Gasteiger partial charge >= 0.3 is 5.97 Å². The molecule has 8 aromatic carbocycles. The van der Waals surface area contributed by atoms with Gasteiger partial charge in [-0.1, -0.05) is 237 Å². The third-order valence-electron chi connectivity index (χ3n) is 18.0. The van der Waals surface area contributed by atoms with Crippen LogP contribution in [0.1, 0.15) is 114 Å². The molecule has 2 aromatic heterocycles. The number of fused-ring (bicyclic) bond motifs is 5. The number of allylic oxidation sites excluding steroid dienone is 2. The van der Waals surface area contributed by atoms with Crippen LogP contribution in [0.5, 0.6) is 0 Å². The Labute approximate surface area is 580 Å². The Kier molecular flexibility index (Phi) is 24.0. The third-order valence-corrected chi connectivity index (χ3v) is 18.0. The number of ketones is 1. The largest absolute Gasteiger partial charge is 0.465 e. The van der Waals surface area contributed by atoms with Crippen molar-refractivity contribution >= 4 is 48.2 Å². The van der Waals surface area contributed by atoms with Crippen molar-refractivity contribution in [2.24, 2.45) is 17.6 Å². The second-order valence-electron chi connectivity index (χ2n) is 25.6. The van der Waals surface area contributed by atoms with Crippen LogP contribution in [0.3, 0.4) is 0 Å². The summed E-state index contributed by atoms with van der Waals surface area (Å²) < 4.78 is 18.0. The number of aromatic amines is 2. The second kappa shape index (κ2) is 34.0. The van der Waals surface area contributed by atoms with Gasteiger partial charge in [0, 0.05) is 25.2 Å². The summed E-state index contributed by atoms with van der Waals surface area (Å²) in [4.78, 5) is 80.2. The first-order valence-corrected chi connectivity index (χ1v) is 33.8. The number of imidazole rings is 2. The molecule has 16 heteroatoms. The van der Waals surface area contributed by atoms with E-state index in [-0.39, 0.29) is 56.2 Å². The van der Waals surface area contributed by atoms with Crippen LogP contribution in [0.4, 0.5) is 0 Å². The lowest BCUT2D eigenvalue weighted by Gasteiger charge is -2.24. The molecule has 0 bridgehead atoms. The number of H-pyrrole nitrogens is 2. The third kappa shape index (κ3) is 18.5. The fourth-order valence-electron chi connectivity index (χ4n) is 12.7. The molecular weight excluding hydrogens is 1230 g/mol. The zero-order valence-corrected chi connectivity index (χ0v) is 56.2. The van der Waals surface area contributed by atoms with E-state index in [0.29, 0.717) is 37.7 Å². The van der Waals surface area contributed by atoms with Crippen LogP contribution in [-0.4, -0.2) is 82.3 Å². The van der Waals surface area contributed by atoms with Crippen molar-refractivity contribution in [3.63, 3.8) is 0 Å². The van der Waals surface area contributed by atoms with Gasteiger partial charge in [-0.25, -0.2) is 9.97 Å². The number of rotatable bonds is 28. The lowest BCUT2D eigenvalue weighted by Crippen LogP contribution is -2.45. The van der Waals surface area contributed by atoms with Crippen molar-refractivity contribution < 1.29 is 38.2 Å². The molecule has 0 aliphatic heterocycles. The molecule has 0 fully saturated rings. The number of aromatic nitrogens is 4. The van der Waals surface area contributed by atoms with E-state index in [1.54, 1.807) is 33.1 Å². The molecular formula is C83H83BN7O8. The van der Waals surface area contributed by atoms with Gasteiger partial charge in [0.15, 0.2) is 13.1 Å². The number of amides is 2. The van der Waals surface area contributed by atoms with Crippen molar-refractivity contribution in [1.29, 1.82) is 0 Å². The Hall–Kier alpha value is -10.6. The Morgan fingerprint density at radius 2 is 0.929 bits per heavy atom. The van der Waals surface area contributed by atoms with Gasteiger partial charge in [-0.05, 0) is 105 Å². The summed E-state index contributed by atoms with van der Waals surface area (Å²) in [7, 11) is 1.44. The van der Waals surface area contributed by atoms with E-state index in [4.69, 9.17) is 29.7 Å². The van der Waals surface area contributed by atoms with Crippen LogP contribution < -0.4 is 16.4 Å². The molecule has 3 aliphatic rings. The molecule has 4 atom stereocenters. The van der Waals surface area contributed by atoms with Crippen molar-refractivity contribution in [2.75, 3.05) is 19.8 Å². The summed E-state index contributed by atoms with van der Waals surface area (Å²) >= 11 is 0. The number of carbonyl (C=O) groups is 5. The Bertz CT molecular complexity index is 4370. The highest BCUT2D eigenvalue weighted by molar-refractivity contribution is 6.65. The van der Waals surface area contributed by atoms with Gasteiger partial charge in [0.25, 0.3) is 0 Å². The van der Waals surface area contributed by atoms with Crippen LogP contribution in [0.2, 0.25) is 6.82 Å². The SMILES string of the molecule is CC(C)(N)C(=O)C[C@H](COCc1ccccc1)C(=O)N[C@H](CC1=CCc2ccccc21)c1ncc(-c2ccccc2)[nH]1.C[B]C=O.O=C(C[C@H](COCc1ccccc1)C(=O)N[C@H](CC1=CCc2ccccc21)c1ncc(-c2ccccc2)[nH]1)OCC1c2ccccc2-c2ccccc21. The molecule has 0 saturated heterocycles. The highest BCUT2D eigenvalue weighted by atomic mass is 16.5. The van der Waals surface area contributed by atoms with Gasteiger partial charge in [-0.3, -0.25) is 19.2 Å². The van der Waals surface area contributed by atoms with Crippen molar-refractivity contribution in [1.82, 2.24) is 30.6 Å². The molecule has 15 nitrogen and oxygen atoms in total. The van der Waals surface area contributed by atoms with Crippen LogP contribution >= 0.6 is 0 Å².